The summed E-state index contributed by atoms with van der Waals surface area (Å²) in [5.74, 6) is -0.507. The molecule has 2 N–H and O–H groups in total. The number of thioether (sulfide) groups is 1. The Balaban J connectivity index is 1.46. The molecule has 0 aliphatic carbocycles. The zero-order valence-electron chi connectivity index (χ0n) is 19.9. The normalized spacial score (nSPS) is 13.2. The Morgan fingerprint density at radius 3 is 2.37 bits per heavy atom. The first-order valence-corrected chi connectivity index (χ1v) is 13.8. The number of anilines is 3. The van der Waals surface area contributed by atoms with E-state index in [-0.39, 0.29) is 16.5 Å². The largest absolute Gasteiger partial charge is 0.497 e. The molecule has 0 radical (unpaired) electrons. The molecule has 0 saturated carbocycles. The van der Waals surface area contributed by atoms with Crippen LogP contribution in [0.1, 0.15) is 9.67 Å². The molecule has 10 heteroatoms. The molecule has 1 aliphatic rings. The van der Waals surface area contributed by atoms with Gasteiger partial charge in [0.1, 0.15) is 16.4 Å². The molecule has 190 valence electrons. The topological polar surface area (TPSA) is 87.7 Å². The molecule has 7 nitrogen and oxygen atoms in total. The molecule has 0 atom stereocenters. The van der Waals surface area contributed by atoms with Crippen LogP contribution in [0.25, 0.3) is 0 Å². The zero-order chi connectivity index (χ0) is 26.6. The van der Waals surface area contributed by atoms with Gasteiger partial charge in [-0.25, -0.2) is 4.90 Å². The molecular formula is C28H20BrN3O4S2. The standard InChI is InChI=1S/C28H20BrN3O4S2/c1-36-21-13-11-20(12-14-21)32-27(34)24(30-18-9-7-17(29)8-10-18)25(28(32)35)38-22-5-2-4-19(16-22)31-26(33)23-6-3-15-37-23/h2-16,30H,1H3,(H,31,33). The number of hydrogen-bond acceptors (Lipinski definition) is 7. The van der Waals surface area contributed by atoms with Crippen LogP contribution in [0.2, 0.25) is 0 Å². The van der Waals surface area contributed by atoms with E-state index in [1.54, 1.807) is 55.6 Å². The molecule has 1 aromatic heterocycles. The number of imide groups is 1. The van der Waals surface area contributed by atoms with Crippen molar-refractivity contribution in [2.24, 2.45) is 0 Å². The minimum atomic E-state index is -0.465. The summed E-state index contributed by atoms with van der Waals surface area (Å²) in [6, 6.07) is 24.8. The first kappa shape index (κ1) is 25.8. The molecule has 5 rings (SSSR count). The summed E-state index contributed by atoms with van der Waals surface area (Å²) >= 11 is 5.92. The number of thiophene rings is 1. The number of rotatable bonds is 8. The van der Waals surface area contributed by atoms with E-state index in [0.717, 1.165) is 21.1 Å². The van der Waals surface area contributed by atoms with E-state index in [4.69, 9.17) is 4.74 Å². The maximum Gasteiger partial charge on any atom is 0.283 e. The maximum atomic E-state index is 13.6. The lowest BCUT2D eigenvalue weighted by atomic mass is 10.2. The van der Waals surface area contributed by atoms with Crippen molar-refractivity contribution >= 4 is 73.8 Å². The van der Waals surface area contributed by atoms with Crippen molar-refractivity contribution < 1.29 is 19.1 Å². The first-order valence-electron chi connectivity index (χ1n) is 11.4. The summed E-state index contributed by atoms with van der Waals surface area (Å²) < 4.78 is 6.10. The van der Waals surface area contributed by atoms with Crippen molar-refractivity contribution in [2.45, 2.75) is 4.90 Å². The van der Waals surface area contributed by atoms with Crippen molar-refractivity contribution in [1.82, 2.24) is 0 Å². The third kappa shape index (κ3) is 5.52. The molecule has 0 saturated heterocycles. The minimum Gasteiger partial charge on any atom is -0.497 e. The van der Waals surface area contributed by atoms with Crippen LogP contribution in [0.3, 0.4) is 0 Å². The van der Waals surface area contributed by atoms with Gasteiger partial charge in [-0.1, -0.05) is 39.8 Å². The number of nitrogens with one attached hydrogen (secondary N) is 2. The predicted octanol–water partition coefficient (Wildman–Crippen LogP) is 6.76. The lowest BCUT2D eigenvalue weighted by molar-refractivity contribution is -0.120. The van der Waals surface area contributed by atoms with Crippen LogP contribution >= 0.6 is 39.0 Å². The molecule has 0 unspecified atom stereocenters. The van der Waals surface area contributed by atoms with Crippen LogP contribution < -0.4 is 20.3 Å². The number of hydrogen-bond donors (Lipinski definition) is 2. The van der Waals surface area contributed by atoms with Gasteiger partial charge in [0, 0.05) is 20.7 Å². The molecule has 0 spiro atoms. The van der Waals surface area contributed by atoms with Crippen LogP contribution in [0.5, 0.6) is 5.75 Å². The van der Waals surface area contributed by atoms with E-state index >= 15 is 0 Å². The highest BCUT2D eigenvalue weighted by atomic mass is 79.9. The van der Waals surface area contributed by atoms with Gasteiger partial charge in [-0.05, 0) is 78.2 Å². The molecule has 3 aromatic carbocycles. The van der Waals surface area contributed by atoms with Crippen LogP contribution in [0.15, 0.2) is 110 Å². The van der Waals surface area contributed by atoms with Gasteiger partial charge in [-0.15, -0.1) is 11.3 Å². The van der Waals surface area contributed by atoms with Crippen LogP contribution in [0, 0.1) is 0 Å². The van der Waals surface area contributed by atoms with Gasteiger partial charge in [0.25, 0.3) is 17.7 Å². The summed E-state index contributed by atoms with van der Waals surface area (Å²) in [5, 5.41) is 7.86. The number of amides is 3. The number of carbonyl (C=O) groups excluding carboxylic acids is 3. The smallest absolute Gasteiger partial charge is 0.283 e. The van der Waals surface area contributed by atoms with Gasteiger partial charge in [0.15, 0.2) is 0 Å². The van der Waals surface area contributed by atoms with Crippen molar-refractivity contribution in [2.75, 3.05) is 22.6 Å². The number of halogens is 1. The van der Waals surface area contributed by atoms with Gasteiger partial charge >= 0.3 is 0 Å². The molecule has 1 aliphatic heterocycles. The van der Waals surface area contributed by atoms with Crippen LogP contribution in [-0.2, 0) is 9.59 Å². The summed E-state index contributed by atoms with van der Waals surface area (Å²) in [4.78, 5) is 42.4. The number of carbonyl (C=O) groups is 3. The Morgan fingerprint density at radius 1 is 0.921 bits per heavy atom. The number of ether oxygens (including phenoxy) is 1. The Kier molecular flexibility index (Phi) is 7.64. The van der Waals surface area contributed by atoms with Crippen molar-refractivity contribution in [1.29, 1.82) is 0 Å². The Hall–Kier alpha value is -3.86. The quantitative estimate of drug-likeness (QED) is 0.216. The molecule has 0 bridgehead atoms. The van der Waals surface area contributed by atoms with Crippen LogP contribution in [0.4, 0.5) is 17.1 Å². The van der Waals surface area contributed by atoms with Gasteiger partial charge in [-0.3, -0.25) is 14.4 Å². The number of methoxy groups -OCH3 is 1. The van der Waals surface area contributed by atoms with E-state index in [1.165, 1.54) is 11.3 Å². The summed E-state index contributed by atoms with van der Waals surface area (Å²) in [5.41, 5.74) is 1.85. The molecular weight excluding hydrogens is 586 g/mol. The lowest BCUT2D eigenvalue weighted by Gasteiger charge is -2.15. The monoisotopic (exact) mass is 605 g/mol. The SMILES string of the molecule is COc1ccc(N2C(=O)C(Nc3ccc(Br)cc3)=C(Sc3cccc(NC(=O)c4cccs4)c3)C2=O)cc1. The summed E-state index contributed by atoms with van der Waals surface area (Å²) in [7, 11) is 1.55. The van der Waals surface area contributed by atoms with Gasteiger partial charge < -0.3 is 15.4 Å². The fourth-order valence-corrected chi connectivity index (χ4v) is 5.58. The van der Waals surface area contributed by atoms with Crippen molar-refractivity contribution in [3.63, 3.8) is 0 Å². The minimum absolute atomic E-state index is 0.172. The van der Waals surface area contributed by atoms with E-state index < -0.39 is 11.8 Å². The second-order valence-corrected chi connectivity index (χ2v) is 11.0. The van der Waals surface area contributed by atoms with Crippen molar-refractivity contribution in [3.05, 3.63) is 110 Å². The fraction of sp³-hybridized carbons (Fsp3) is 0.0357. The second kappa shape index (κ2) is 11.3. The predicted molar refractivity (Wildman–Crippen MR) is 155 cm³/mol. The third-order valence-corrected chi connectivity index (χ3v) is 8.01. The molecule has 2 heterocycles. The van der Waals surface area contributed by atoms with Crippen molar-refractivity contribution in [3.8, 4) is 5.75 Å². The molecule has 3 amide bonds. The zero-order valence-corrected chi connectivity index (χ0v) is 23.2. The summed E-state index contributed by atoms with van der Waals surface area (Å²) in [6.07, 6.45) is 0. The van der Waals surface area contributed by atoms with Gasteiger partial charge in [0.05, 0.1) is 17.7 Å². The van der Waals surface area contributed by atoms with E-state index in [2.05, 4.69) is 26.6 Å². The maximum absolute atomic E-state index is 13.6. The molecule has 4 aromatic rings. The highest BCUT2D eigenvalue weighted by Crippen LogP contribution is 2.39. The number of benzene rings is 3. The Bertz CT molecular complexity index is 1540. The average Bonchev–Trinajstić information content (AvgIpc) is 3.54. The summed E-state index contributed by atoms with van der Waals surface area (Å²) in [6.45, 7) is 0. The lowest BCUT2D eigenvalue weighted by Crippen LogP contribution is -2.32. The highest BCUT2D eigenvalue weighted by Gasteiger charge is 2.40. The number of nitrogens with zero attached hydrogens (tertiary/aromatic N) is 1. The second-order valence-electron chi connectivity index (χ2n) is 8.04. The Morgan fingerprint density at radius 2 is 1.68 bits per heavy atom. The Labute approximate surface area is 235 Å². The molecule has 0 fully saturated rings. The highest BCUT2D eigenvalue weighted by molar-refractivity contribution is 9.10. The average molecular weight is 607 g/mol. The fourth-order valence-electron chi connectivity index (χ4n) is 3.71. The van der Waals surface area contributed by atoms with Gasteiger partial charge in [0.2, 0.25) is 0 Å². The first-order chi connectivity index (χ1) is 18.4. The molecule has 38 heavy (non-hydrogen) atoms. The van der Waals surface area contributed by atoms with Crippen LogP contribution in [-0.4, -0.2) is 24.8 Å². The van der Waals surface area contributed by atoms with E-state index in [9.17, 15) is 14.4 Å². The van der Waals surface area contributed by atoms with Gasteiger partial charge in [-0.2, -0.15) is 0 Å². The van der Waals surface area contributed by atoms with E-state index in [0.29, 0.717) is 32.6 Å². The van der Waals surface area contributed by atoms with E-state index in [1.807, 2.05) is 41.8 Å². The third-order valence-electron chi connectivity index (χ3n) is 5.54.